The number of carboxylic acids is 1. The monoisotopic (exact) mass is 294 g/mol. The lowest BCUT2D eigenvalue weighted by Crippen LogP contribution is -2.18. The summed E-state index contributed by atoms with van der Waals surface area (Å²) in [6.07, 6.45) is -2.95. The maximum atomic E-state index is 11.2. The molecular formula is C16H13F3O2. The number of fused-ring (bicyclic) bond motifs is 1. The van der Waals surface area contributed by atoms with Crippen LogP contribution in [0.25, 0.3) is 16.8 Å². The van der Waals surface area contributed by atoms with E-state index in [0.717, 1.165) is 0 Å². The summed E-state index contributed by atoms with van der Waals surface area (Å²) in [5.74, 6) is -2.04. The largest absolute Gasteiger partial charge is 0.478 e. The van der Waals surface area contributed by atoms with Gasteiger partial charge in [0, 0.05) is 0 Å². The highest BCUT2D eigenvalue weighted by atomic mass is 19.4. The van der Waals surface area contributed by atoms with Gasteiger partial charge >= 0.3 is 12.1 Å². The summed E-state index contributed by atoms with van der Waals surface area (Å²) in [5.41, 5.74) is -0.573. The molecule has 2 rings (SSSR count). The molecule has 0 aliphatic heterocycles. The van der Waals surface area contributed by atoms with E-state index in [1.807, 2.05) is 6.08 Å². The Hall–Kier alpha value is -2.56. The van der Waals surface area contributed by atoms with Crippen molar-refractivity contribution in [2.45, 2.75) is 6.18 Å². The van der Waals surface area contributed by atoms with Gasteiger partial charge in [-0.3, -0.25) is 0 Å². The van der Waals surface area contributed by atoms with Gasteiger partial charge in [0.15, 0.2) is 0 Å². The van der Waals surface area contributed by atoms with Crippen LogP contribution in [0.4, 0.5) is 13.2 Å². The molecule has 0 amide bonds. The molecule has 0 fully saturated rings. The highest BCUT2D eigenvalue weighted by Gasteiger charge is 2.36. The molecule has 0 aliphatic rings. The Morgan fingerprint density at radius 3 is 2.10 bits per heavy atom. The molecule has 5 heteroatoms. The maximum Gasteiger partial charge on any atom is 0.422 e. The number of alkyl halides is 3. The molecule has 2 nitrogen and oxygen atoms in total. The van der Waals surface area contributed by atoms with Crippen LogP contribution in [-0.2, 0) is 4.79 Å². The fourth-order valence-electron chi connectivity index (χ4n) is 1.46. The minimum Gasteiger partial charge on any atom is -0.478 e. The van der Waals surface area contributed by atoms with Gasteiger partial charge < -0.3 is 5.11 Å². The summed E-state index contributed by atoms with van der Waals surface area (Å²) in [6.45, 7) is 6.04. The zero-order chi connectivity index (χ0) is 16.0. The predicted molar refractivity (Wildman–Crippen MR) is 76.9 cm³/mol. The van der Waals surface area contributed by atoms with Crippen LogP contribution in [0, 0.1) is 0 Å². The van der Waals surface area contributed by atoms with E-state index in [4.69, 9.17) is 5.11 Å². The molecule has 0 saturated carbocycles. The third-order valence-electron chi connectivity index (χ3n) is 2.61. The zero-order valence-electron chi connectivity index (χ0n) is 11.0. The Kier molecular flexibility index (Phi) is 5.30. The SMILES string of the molecule is C=C(C(=O)O)C(F)(F)F.C=Cc1ccc2ccccc2c1. The van der Waals surface area contributed by atoms with Crippen LogP contribution in [0.2, 0.25) is 0 Å². The minimum absolute atomic E-state index is 1.17. The molecule has 2 aromatic rings. The van der Waals surface area contributed by atoms with Crippen molar-refractivity contribution in [3.8, 4) is 0 Å². The second kappa shape index (κ2) is 6.74. The van der Waals surface area contributed by atoms with Gasteiger partial charge in [0.05, 0.1) is 0 Å². The van der Waals surface area contributed by atoms with Crippen molar-refractivity contribution in [3.63, 3.8) is 0 Å². The van der Waals surface area contributed by atoms with E-state index in [-0.39, 0.29) is 0 Å². The number of rotatable bonds is 2. The Morgan fingerprint density at radius 1 is 1.10 bits per heavy atom. The Balaban J connectivity index is 0.000000222. The fraction of sp³-hybridized carbons (Fsp3) is 0.0625. The van der Waals surface area contributed by atoms with Crippen molar-refractivity contribution < 1.29 is 23.1 Å². The van der Waals surface area contributed by atoms with Gasteiger partial charge in [0.1, 0.15) is 5.57 Å². The molecule has 2 aromatic carbocycles. The van der Waals surface area contributed by atoms with Crippen molar-refractivity contribution in [3.05, 3.63) is 66.8 Å². The number of hydrogen-bond donors (Lipinski definition) is 1. The van der Waals surface area contributed by atoms with Crippen molar-refractivity contribution in [1.82, 2.24) is 0 Å². The van der Waals surface area contributed by atoms with Crippen molar-refractivity contribution >= 4 is 22.8 Å². The van der Waals surface area contributed by atoms with Gasteiger partial charge in [-0.25, -0.2) is 4.79 Å². The lowest BCUT2D eigenvalue weighted by Gasteiger charge is -2.02. The van der Waals surface area contributed by atoms with E-state index >= 15 is 0 Å². The van der Waals surface area contributed by atoms with Crippen molar-refractivity contribution in [1.29, 1.82) is 0 Å². The average molecular weight is 294 g/mol. The number of carbonyl (C=O) groups is 1. The summed E-state index contributed by atoms with van der Waals surface area (Å²) in [4.78, 5) is 9.53. The molecule has 0 aromatic heterocycles. The lowest BCUT2D eigenvalue weighted by atomic mass is 10.1. The standard InChI is InChI=1S/C12H10.C4H3F3O2/c1-2-10-7-8-11-5-3-4-6-12(11)9-10;1-2(3(8)9)4(5,6)7/h2-9H,1H2;1H2,(H,8,9). The van der Waals surface area contributed by atoms with Crippen LogP contribution in [0.3, 0.4) is 0 Å². The third kappa shape index (κ3) is 4.80. The smallest absolute Gasteiger partial charge is 0.422 e. The topological polar surface area (TPSA) is 37.3 Å². The average Bonchev–Trinajstić information content (AvgIpc) is 2.45. The van der Waals surface area contributed by atoms with Gasteiger partial charge in [0.25, 0.3) is 0 Å². The molecule has 21 heavy (non-hydrogen) atoms. The molecule has 0 radical (unpaired) electrons. The first-order chi connectivity index (χ1) is 9.75. The van der Waals surface area contributed by atoms with E-state index < -0.39 is 17.7 Å². The normalized spacial score (nSPS) is 10.4. The van der Waals surface area contributed by atoms with Crippen LogP contribution in [0.1, 0.15) is 5.56 Å². The van der Waals surface area contributed by atoms with Crippen LogP contribution < -0.4 is 0 Å². The third-order valence-corrected chi connectivity index (χ3v) is 2.61. The van der Waals surface area contributed by atoms with Gasteiger partial charge in [0.2, 0.25) is 0 Å². The maximum absolute atomic E-state index is 11.2. The minimum atomic E-state index is -4.81. The quantitative estimate of drug-likeness (QED) is 0.817. The van der Waals surface area contributed by atoms with E-state index in [1.165, 1.54) is 16.3 Å². The van der Waals surface area contributed by atoms with E-state index in [1.54, 1.807) is 0 Å². The molecule has 0 unspecified atom stereocenters. The highest BCUT2D eigenvalue weighted by Crippen LogP contribution is 2.23. The molecule has 110 valence electrons. The first kappa shape index (κ1) is 16.5. The second-order valence-corrected chi connectivity index (χ2v) is 4.09. The van der Waals surface area contributed by atoms with Crippen LogP contribution in [0.5, 0.6) is 0 Å². The summed E-state index contributed by atoms with van der Waals surface area (Å²) in [6, 6.07) is 14.7. The number of aliphatic carboxylic acids is 1. The summed E-state index contributed by atoms with van der Waals surface area (Å²) in [7, 11) is 0. The zero-order valence-corrected chi connectivity index (χ0v) is 11.0. The fourth-order valence-corrected chi connectivity index (χ4v) is 1.46. The van der Waals surface area contributed by atoms with E-state index in [0.29, 0.717) is 0 Å². The van der Waals surface area contributed by atoms with Gasteiger partial charge in [-0.2, -0.15) is 13.2 Å². The lowest BCUT2D eigenvalue weighted by molar-refractivity contribution is -0.144. The van der Waals surface area contributed by atoms with Crippen molar-refractivity contribution in [2.75, 3.05) is 0 Å². The molecule has 0 saturated heterocycles. The predicted octanol–water partition coefficient (Wildman–Crippen LogP) is 4.67. The summed E-state index contributed by atoms with van der Waals surface area (Å²) >= 11 is 0. The Morgan fingerprint density at radius 2 is 1.67 bits per heavy atom. The molecule has 0 atom stereocenters. The van der Waals surface area contributed by atoms with Crippen molar-refractivity contribution in [2.24, 2.45) is 0 Å². The van der Waals surface area contributed by atoms with E-state index in [2.05, 4.69) is 55.6 Å². The Bertz CT molecular complexity index is 673. The molecule has 0 heterocycles. The molecular weight excluding hydrogens is 281 g/mol. The number of carboxylic acid groups (broad SMARTS) is 1. The summed E-state index contributed by atoms with van der Waals surface area (Å²) in [5, 5.41) is 10.3. The molecule has 0 aliphatic carbocycles. The molecule has 0 spiro atoms. The van der Waals surface area contributed by atoms with Crippen LogP contribution in [-0.4, -0.2) is 17.3 Å². The molecule has 0 bridgehead atoms. The van der Waals surface area contributed by atoms with E-state index in [9.17, 15) is 18.0 Å². The highest BCUT2D eigenvalue weighted by molar-refractivity contribution is 5.87. The number of halogens is 3. The van der Waals surface area contributed by atoms with Crippen LogP contribution in [0.15, 0.2) is 61.2 Å². The first-order valence-corrected chi connectivity index (χ1v) is 5.86. The summed E-state index contributed by atoms with van der Waals surface area (Å²) < 4.78 is 33.7. The second-order valence-electron chi connectivity index (χ2n) is 4.09. The van der Waals surface area contributed by atoms with Gasteiger partial charge in [-0.1, -0.05) is 55.6 Å². The van der Waals surface area contributed by atoms with Crippen LogP contribution >= 0.6 is 0 Å². The van der Waals surface area contributed by atoms with Gasteiger partial charge in [-0.15, -0.1) is 0 Å². The number of benzene rings is 2. The van der Waals surface area contributed by atoms with Gasteiger partial charge in [-0.05, 0) is 22.4 Å². The Labute approximate surface area is 119 Å². The first-order valence-electron chi connectivity index (χ1n) is 5.86. The molecule has 1 N–H and O–H groups in total. The number of hydrogen-bond acceptors (Lipinski definition) is 1.